The molecule has 25 heavy (non-hydrogen) atoms. The molecular weight excluding hydrogens is 478 g/mol. The van der Waals surface area contributed by atoms with Crippen molar-refractivity contribution in [2.75, 3.05) is 6.61 Å². The molecule has 0 radical (unpaired) electrons. The number of nitrogens with zero attached hydrogens (tertiary/aromatic N) is 2. The first-order valence-corrected chi connectivity index (χ1v) is 8.89. The summed E-state index contributed by atoms with van der Waals surface area (Å²) in [5.41, 5.74) is 0.0173. The van der Waals surface area contributed by atoms with Crippen molar-refractivity contribution in [3.63, 3.8) is 0 Å². The fraction of sp³-hybridized carbons (Fsp3) is 0.133. The summed E-state index contributed by atoms with van der Waals surface area (Å²) in [7, 11) is 0. The zero-order chi connectivity index (χ0) is 18.7. The SMILES string of the molecule is CCOc1cc(C#N)cc(Br)c1OC(=O)c1nc(Cl)c(Cl)c(Cl)c1Cl. The third kappa shape index (κ3) is 4.30. The highest BCUT2D eigenvalue weighted by Gasteiger charge is 2.24. The zero-order valence-corrected chi connectivity index (χ0v) is 17.0. The number of hydrogen-bond donors (Lipinski definition) is 0. The van der Waals surface area contributed by atoms with Gasteiger partial charge in [0.2, 0.25) is 0 Å². The molecule has 0 N–H and O–H groups in total. The van der Waals surface area contributed by atoms with Gasteiger partial charge in [0.1, 0.15) is 5.15 Å². The van der Waals surface area contributed by atoms with Crippen LogP contribution in [0.1, 0.15) is 23.0 Å². The largest absolute Gasteiger partial charge is 0.490 e. The third-order valence-electron chi connectivity index (χ3n) is 2.81. The highest BCUT2D eigenvalue weighted by Crippen LogP contribution is 2.39. The Morgan fingerprint density at radius 3 is 2.52 bits per heavy atom. The third-order valence-corrected chi connectivity index (χ3v) is 5.08. The number of aromatic nitrogens is 1. The minimum atomic E-state index is -0.920. The molecule has 0 aliphatic carbocycles. The second kappa shape index (κ2) is 8.43. The molecule has 2 rings (SSSR count). The Bertz CT molecular complexity index is 900. The summed E-state index contributed by atoms with van der Waals surface area (Å²) in [4.78, 5) is 16.2. The lowest BCUT2D eigenvalue weighted by molar-refractivity contribution is 0.0721. The van der Waals surface area contributed by atoms with E-state index in [0.717, 1.165) is 0 Å². The average Bonchev–Trinajstić information content (AvgIpc) is 2.58. The Labute approximate surface area is 171 Å². The molecule has 130 valence electrons. The van der Waals surface area contributed by atoms with Crippen molar-refractivity contribution in [1.82, 2.24) is 4.98 Å². The number of pyridine rings is 1. The summed E-state index contributed by atoms with van der Waals surface area (Å²) in [5, 5.41) is 8.46. The summed E-state index contributed by atoms with van der Waals surface area (Å²) in [6.07, 6.45) is 0. The molecule has 0 amide bonds. The molecule has 1 heterocycles. The molecule has 0 aliphatic rings. The minimum absolute atomic E-state index is 0.0610. The summed E-state index contributed by atoms with van der Waals surface area (Å²) >= 11 is 26.8. The molecule has 0 bridgehead atoms. The topological polar surface area (TPSA) is 72.2 Å². The van der Waals surface area contributed by atoms with E-state index in [-0.39, 0.29) is 37.4 Å². The van der Waals surface area contributed by atoms with Crippen LogP contribution in [0.2, 0.25) is 20.2 Å². The number of carbonyl (C=O) groups is 1. The van der Waals surface area contributed by atoms with Gasteiger partial charge < -0.3 is 9.47 Å². The molecule has 5 nitrogen and oxygen atoms in total. The van der Waals surface area contributed by atoms with Crippen LogP contribution in [0.5, 0.6) is 11.5 Å². The first-order valence-electron chi connectivity index (χ1n) is 6.58. The number of nitriles is 1. The predicted octanol–water partition coefficient (Wildman–Crippen LogP) is 5.95. The normalized spacial score (nSPS) is 10.3. The molecule has 2 aromatic rings. The van der Waals surface area contributed by atoms with E-state index in [1.807, 2.05) is 6.07 Å². The molecular formula is C15H7BrCl4N2O3. The second-order valence-electron chi connectivity index (χ2n) is 4.41. The lowest BCUT2D eigenvalue weighted by Gasteiger charge is -2.13. The Hall–Kier alpha value is -1.23. The number of esters is 1. The van der Waals surface area contributed by atoms with Gasteiger partial charge in [0, 0.05) is 6.07 Å². The summed E-state index contributed by atoms with van der Waals surface area (Å²) < 4.78 is 11.1. The highest BCUT2D eigenvalue weighted by molar-refractivity contribution is 9.10. The summed E-state index contributed by atoms with van der Waals surface area (Å²) in [5.74, 6) is -0.660. The predicted molar refractivity (Wildman–Crippen MR) is 99.3 cm³/mol. The molecule has 1 aromatic carbocycles. The smallest absolute Gasteiger partial charge is 0.364 e. The molecule has 0 fully saturated rings. The van der Waals surface area contributed by atoms with E-state index in [2.05, 4.69) is 20.9 Å². The van der Waals surface area contributed by atoms with Crippen molar-refractivity contribution in [2.24, 2.45) is 0 Å². The van der Waals surface area contributed by atoms with E-state index >= 15 is 0 Å². The molecule has 1 aromatic heterocycles. The zero-order valence-electron chi connectivity index (χ0n) is 12.4. The molecule has 0 aliphatic heterocycles. The fourth-order valence-electron chi connectivity index (χ4n) is 1.76. The first-order chi connectivity index (χ1) is 11.8. The van der Waals surface area contributed by atoms with E-state index in [4.69, 9.17) is 61.1 Å². The maximum absolute atomic E-state index is 12.4. The summed E-state index contributed by atoms with van der Waals surface area (Å²) in [6, 6.07) is 4.89. The molecule has 0 spiro atoms. The van der Waals surface area contributed by atoms with Gasteiger partial charge in [-0.2, -0.15) is 5.26 Å². The van der Waals surface area contributed by atoms with Crippen molar-refractivity contribution in [1.29, 1.82) is 5.26 Å². The maximum atomic E-state index is 12.4. The minimum Gasteiger partial charge on any atom is -0.490 e. The van der Waals surface area contributed by atoms with Gasteiger partial charge in [-0.25, -0.2) is 9.78 Å². The second-order valence-corrected chi connectivity index (χ2v) is 6.76. The Balaban J connectivity index is 2.47. The number of rotatable bonds is 4. The van der Waals surface area contributed by atoms with E-state index in [9.17, 15) is 4.79 Å². The van der Waals surface area contributed by atoms with E-state index in [1.54, 1.807) is 6.92 Å². The lowest BCUT2D eigenvalue weighted by Crippen LogP contribution is -2.13. The molecule has 0 unspecified atom stereocenters. The van der Waals surface area contributed by atoms with Crippen LogP contribution in [0.3, 0.4) is 0 Å². The molecule has 0 saturated heterocycles. The van der Waals surface area contributed by atoms with E-state index in [1.165, 1.54) is 12.1 Å². The van der Waals surface area contributed by atoms with Crippen molar-refractivity contribution in [2.45, 2.75) is 6.92 Å². The average molecular weight is 485 g/mol. The van der Waals surface area contributed by atoms with Crippen LogP contribution in [0, 0.1) is 11.3 Å². The Morgan fingerprint density at radius 2 is 1.92 bits per heavy atom. The lowest BCUT2D eigenvalue weighted by atomic mass is 10.2. The van der Waals surface area contributed by atoms with Crippen molar-refractivity contribution < 1.29 is 14.3 Å². The van der Waals surface area contributed by atoms with Gasteiger partial charge >= 0.3 is 5.97 Å². The van der Waals surface area contributed by atoms with Crippen LogP contribution in [0.4, 0.5) is 0 Å². The van der Waals surface area contributed by atoms with E-state index in [0.29, 0.717) is 16.6 Å². The fourth-order valence-corrected chi connectivity index (χ4v) is 3.09. The number of ether oxygens (including phenoxy) is 2. The van der Waals surface area contributed by atoms with Crippen LogP contribution >= 0.6 is 62.3 Å². The molecule has 10 heteroatoms. The van der Waals surface area contributed by atoms with Crippen LogP contribution < -0.4 is 9.47 Å². The van der Waals surface area contributed by atoms with Crippen LogP contribution in [0.25, 0.3) is 0 Å². The highest BCUT2D eigenvalue weighted by atomic mass is 79.9. The molecule has 0 atom stereocenters. The van der Waals surface area contributed by atoms with Crippen LogP contribution in [0.15, 0.2) is 16.6 Å². The Kier molecular flexibility index (Phi) is 6.78. The van der Waals surface area contributed by atoms with Gasteiger partial charge in [-0.3, -0.25) is 0 Å². The van der Waals surface area contributed by atoms with Gasteiger partial charge in [-0.1, -0.05) is 46.4 Å². The van der Waals surface area contributed by atoms with Crippen molar-refractivity contribution in [3.05, 3.63) is 48.1 Å². The molecule has 0 saturated carbocycles. The number of halogens is 5. The Morgan fingerprint density at radius 1 is 1.24 bits per heavy atom. The number of benzene rings is 1. The van der Waals surface area contributed by atoms with Gasteiger partial charge in [0.15, 0.2) is 17.2 Å². The monoisotopic (exact) mass is 482 g/mol. The quantitative estimate of drug-likeness (QED) is 0.305. The van der Waals surface area contributed by atoms with Gasteiger partial charge in [0.25, 0.3) is 0 Å². The van der Waals surface area contributed by atoms with Gasteiger partial charge in [-0.05, 0) is 28.9 Å². The number of carbonyl (C=O) groups excluding carboxylic acids is 1. The van der Waals surface area contributed by atoms with Crippen molar-refractivity contribution >= 4 is 68.3 Å². The van der Waals surface area contributed by atoms with Gasteiger partial charge in [-0.15, -0.1) is 0 Å². The first kappa shape index (κ1) is 20.1. The van der Waals surface area contributed by atoms with Crippen molar-refractivity contribution in [3.8, 4) is 17.6 Å². The van der Waals surface area contributed by atoms with Crippen LogP contribution in [-0.4, -0.2) is 17.6 Å². The standard InChI is InChI=1S/C15H7BrCl4N2O3/c1-2-24-8-4-6(5-21)3-7(16)13(8)25-15(23)12-10(18)9(17)11(19)14(20)22-12/h3-4H,2H2,1H3. The maximum Gasteiger partial charge on any atom is 0.364 e. The van der Waals surface area contributed by atoms with E-state index < -0.39 is 5.97 Å². The van der Waals surface area contributed by atoms with Gasteiger partial charge in [0.05, 0.1) is 37.8 Å². The van der Waals surface area contributed by atoms with Crippen LogP contribution in [-0.2, 0) is 0 Å². The number of hydrogen-bond acceptors (Lipinski definition) is 5. The summed E-state index contributed by atoms with van der Waals surface area (Å²) in [6.45, 7) is 2.04.